The molecule has 2 rings (SSSR count). The van der Waals surface area contributed by atoms with Crippen LogP contribution in [0.4, 0.5) is 0 Å². The third kappa shape index (κ3) is 0.749. The molecule has 0 radical (unpaired) electrons. The van der Waals surface area contributed by atoms with Crippen LogP contribution in [0.2, 0.25) is 0 Å². The van der Waals surface area contributed by atoms with E-state index in [-0.39, 0.29) is 0 Å². The molecule has 54 valence electrons. The number of allylic oxidation sites excluding steroid dienone is 3. The first-order valence-corrected chi connectivity index (χ1v) is 4.22. The van der Waals surface area contributed by atoms with Gasteiger partial charge in [-0.2, -0.15) is 0 Å². The smallest absolute Gasteiger partial charge is 0.0165 e. The SMILES string of the molecule is C=CCC1CCC2CC=C12. The van der Waals surface area contributed by atoms with E-state index < -0.39 is 0 Å². The first kappa shape index (κ1) is 6.21. The summed E-state index contributed by atoms with van der Waals surface area (Å²) in [6.07, 6.45) is 9.93. The van der Waals surface area contributed by atoms with Gasteiger partial charge in [0.25, 0.3) is 0 Å². The molecule has 0 aromatic carbocycles. The van der Waals surface area contributed by atoms with Crippen molar-refractivity contribution >= 4 is 0 Å². The zero-order chi connectivity index (χ0) is 6.97. The quantitative estimate of drug-likeness (QED) is 0.509. The van der Waals surface area contributed by atoms with Crippen molar-refractivity contribution in [2.75, 3.05) is 0 Å². The molecule has 2 aliphatic rings. The molecule has 0 heteroatoms. The summed E-state index contributed by atoms with van der Waals surface area (Å²) in [5.74, 6) is 1.88. The first-order chi connectivity index (χ1) is 4.92. The van der Waals surface area contributed by atoms with E-state index in [1.807, 2.05) is 0 Å². The number of rotatable bonds is 2. The standard InChI is InChI=1S/C10H14/c1-2-3-8-4-5-9-6-7-10(8)9/h2,7-9H,1,3-6H2. The van der Waals surface area contributed by atoms with Gasteiger partial charge in [0.15, 0.2) is 0 Å². The van der Waals surface area contributed by atoms with Crippen molar-refractivity contribution in [1.82, 2.24) is 0 Å². The van der Waals surface area contributed by atoms with Gasteiger partial charge in [-0.1, -0.05) is 17.7 Å². The predicted molar refractivity (Wildman–Crippen MR) is 43.7 cm³/mol. The summed E-state index contributed by atoms with van der Waals surface area (Å²) in [5, 5.41) is 0. The molecule has 2 atom stereocenters. The summed E-state index contributed by atoms with van der Waals surface area (Å²) < 4.78 is 0. The van der Waals surface area contributed by atoms with E-state index in [0.29, 0.717) is 0 Å². The largest absolute Gasteiger partial charge is 0.103 e. The zero-order valence-corrected chi connectivity index (χ0v) is 6.34. The first-order valence-electron chi connectivity index (χ1n) is 4.22. The predicted octanol–water partition coefficient (Wildman–Crippen LogP) is 2.92. The molecular formula is C10H14. The Morgan fingerprint density at radius 1 is 1.60 bits per heavy atom. The van der Waals surface area contributed by atoms with E-state index in [9.17, 15) is 0 Å². The topological polar surface area (TPSA) is 0 Å². The summed E-state index contributed by atoms with van der Waals surface area (Å²) in [6, 6.07) is 0. The molecule has 10 heavy (non-hydrogen) atoms. The molecule has 2 aliphatic carbocycles. The lowest BCUT2D eigenvalue weighted by Crippen LogP contribution is -2.09. The maximum Gasteiger partial charge on any atom is -0.0165 e. The van der Waals surface area contributed by atoms with Crippen molar-refractivity contribution in [2.24, 2.45) is 11.8 Å². The van der Waals surface area contributed by atoms with Crippen molar-refractivity contribution in [1.29, 1.82) is 0 Å². The van der Waals surface area contributed by atoms with Crippen molar-refractivity contribution in [3.05, 3.63) is 24.3 Å². The fraction of sp³-hybridized carbons (Fsp3) is 0.600. The van der Waals surface area contributed by atoms with Crippen molar-refractivity contribution in [3.8, 4) is 0 Å². The highest BCUT2D eigenvalue weighted by molar-refractivity contribution is 5.25. The summed E-state index contributed by atoms with van der Waals surface area (Å²) >= 11 is 0. The Morgan fingerprint density at radius 2 is 2.50 bits per heavy atom. The van der Waals surface area contributed by atoms with Gasteiger partial charge in [0.05, 0.1) is 0 Å². The second-order valence-corrected chi connectivity index (χ2v) is 3.44. The van der Waals surface area contributed by atoms with Gasteiger partial charge in [-0.3, -0.25) is 0 Å². The van der Waals surface area contributed by atoms with Crippen LogP contribution in [0.5, 0.6) is 0 Å². The molecule has 0 aromatic heterocycles. The highest BCUT2D eigenvalue weighted by atomic mass is 14.4. The molecule has 0 heterocycles. The molecule has 2 unspecified atom stereocenters. The summed E-state index contributed by atoms with van der Waals surface area (Å²) in [4.78, 5) is 0. The van der Waals surface area contributed by atoms with Crippen molar-refractivity contribution in [2.45, 2.75) is 25.7 Å². The van der Waals surface area contributed by atoms with Gasteiger partial charge in [0.1, 0.15) is 0 Å². The van der Waals surface area contributed by atoms with Crippen LogP contribution >= 0.6 is 0 Å². The Labute approximate surface area is 62.6 Å². The van der Waals surface area contributed by atoms with E-state index in [1.165, 1.54) is 25.7 Å². The minimum atomic E-state index is 0.885. The third-order valence-corrected chi connectivity index (χ3v) is 2.90. The molecule has 0 N–H and O–H groups in total. The number of hydrogen-bond donors (Lipinski definition) is 0. The highest BCUT2D eigenvalue weighted by Crippen LogP contribution is 2.46. The molecule has 0 aromatic rings. The molecule has 0 bridgehead atoms. The van der Waals surface area contributed by atoms with Crippen LogP contribution < -0.4 is 0 Å². The van der Waals surface area contributed by atoms with Crippen LogP contribution in [0.25, 0.3) is 0 Å². The van der Waals surface area contributed by atoms with Gasteiger partial charge in [0, 0.05) is 0 Å². The monoisotopic (exact) mass is 134 g/mol. The maximum atomic E-state index is 3.78. The zero-order valence-electron chi connectivity index (χ0n) is 6.34. The Kier molecular flexibility index (Phi) is 1.40. The van der Waals surface area contributed by atoms with Gasteiger partial charge in [-0.25, -0.2) is 0 Å². The molecule has 0 spiro atoms. The number of fused-ring (bicyclic) bond motifs is 1. The lowest BCUT2D eigenvalue weighted by molar-refractivity contribution is 0.581. The molecule has 0 amide bonds. The van der Waals surface area contributed by atoms with E-state index in [1.54, 1.807) is 5.57 Å². The Hall–Kier alpha value is -0.520. The van der Waals surface area contributed by atoms with Crippen LogP contribution in [-0.4, -0.2) is 0 Å². The Balaban J connectivity index is 2.04. The van der Waals surface area contributed by atoms with E-state index in [0.717, 1.165) is 11.8 Å². The van der Waals surface area contributed by atoms with Crippen LogP contribution in [-0.2, 0) is 0 Å². The summed E-state index contributed by atoms with van der Waals surface area (Å²) in [6.45, 7) is 3.78. The van der Waals surface area contributed by atoms with Crippen LogP contribution in [0.15, 0.2) is 24.3 Å². The van der Waals surface area contributed by atoms with Gasteiger partial charge in [-0.15, -0.1) is 6.58 Å². The minimum absolute atomic E-state index is 0.885. The normalized spacial score (nSPS) is 36.2. The Bertz CT molecular complexity index is 176. The summed E-state index contributed by atoms with van der Waals surface area (Å²) in [5.41, 5.74) is 1.75. The third-order valence-electron chi connectivity index (χ3n) is 2.90. The molecule has 0 saturated heterocycles. The fourth-order valence-corrected chi connectivity index (χ4v) is 2.23. The molecule has 0 aliphatic heterocycles. The number of hydrogen-bond acceptors (Lipinski definition) is 0. The lowest BCUT2D eigenvalue weighted by Gasteiger charge is -2.22. The van der Waals surface area contributed by atoms with E-state index >= 15 is 0 Å². The molecule has 1 fully saturated rings. The lowest BCUT2D eigenvalue weighted by atomic mass is 9.83. The van der Waals surface area contributed by atoms with Crippen molar-refractivity contribution < 1.29 is 0 Å². The van der Waals surface area contributed by atoms with Crippen LogP contribution in [0.1, 0.15) is 25.7 Å². The highest BCUT2D eigenvalue weighted by Gasteiger charge is 2.33. The minimum Gasteiger partial charge on any atom is -0.103 e. The molecule has 0 nitrogen and oxygen atoms in total. The van der Waals surface area contributed by atoms with Gasteiger partial charge in [-0.05, 0) is 37.5 Å². The molecule has 1 saturated carbocycles. The maximum absolute atomic E-state index is 3.78. The van der Waals surface area contributed by atoms with Crippen LogP contribution in [0, 0.1) is 11.8 Å². The average molecular weight is 134 g/mol. The Morgan fingerprint density at radius 3 is 3.00 bits per heavy atom. The van der Waals surface area contributed by atoms with E-state index in [4.69, 9.17) is 0 Å². The summed E-state index contributed by atoms with van der Waals surface area (Å²) in [7, 11) is 0. The van der Waals surface area contributed by atoms with Gasteiger partial charge in [0.2, 0.25) is 0 Å². The average Bonchev–Trinajstić information content (AvgIpc) is 2.08. The second-order valence-electron chi connectivity index (χ2n) is 3.44. The second kappa shape index (κ2) is 2.26. The van der Waals surface area contributed by atoms with Gasteiger partial charge >= 0.3 is 0 Å². The fourth-order valence-electron chi connectivity index (χ4n) is 2.23. The van der Waals surface area contributed by atoms with Gasteiger partial charge < -0.3 is 0 Å². The van der Waals surface area contributed by atoms with Crippen molar-refractivity contribution in [3.63, 3.8) is 0 Å². The molecular weight excluding hydrogens is 120 g/mol. The van der Waals surface area contributed by atoms with Crippen LogP contribution in [0.3, 0.4) is 0 Å². The van der Waals surface area contributed by atoms with E-state index in [2.05, 4.69) is 18.7 Å².